The van der Waals surface area contributed by atoms with Gasteiger partial charge in [-0.2, -0.15) is 18.2 Å². The molecule has 0 bridgehead atoms. The first-order chi connectivity index (χ1) is 19.9. The zero-order chi connectivity index (χ0) is 29.7. The second kappa shape index (κ2) is 10.1. The average Bonchev–Trinajstić information content (AvgIpc) is 3.63. The number of urea groups is 1. The summed E-state index contributed by atoms with van der Waals surface area (Å²) in [6, 6.07) is 16.7. The van der Waals surface area contributed by atoms with Crippen molar-refractivity contribution in [1.29, 1.82) is 0 Å². The maximum atomic E-state index is 13.9. The number of amides is 2. The highest BCUT2D eigenvalue weighted by atomic mass is 32.2. The molecule has 10 nitrogen and oxygen atoms in total. The minimum absolute atomic E-state index is 0.0607. The summed E-state index contributed by atoms with van der Waals surface area (Å²) in [5.41, 5.74) is 0.970. The number of alkyl halides is 3. The van der Waals surface area contributed by atoms with Crippen molar-refractivity contribution in [2.45, 2.75) is 36.0 Å². The van der Waals surface area contributed by atoms with Gasteiger partial charge in [-0.15, -0.1) is 0 Å². The Morgan fingerprint density at radius 2 is 1.79 bits per heavy atom. The van der Waals surface area contributed by atoms with E-state index in [0.717, 1.165) is 11.9 Å². The summed E-state index contributed by atoms with van der Waals surface area (Å²) in [5, 5.41) is 8.35. The number of carbonyl (C=O) groups excluding carboxylic acids is 1. The summed E-state index contributed by atoms with van der Waals surface area (Å²) in [6.45, 7) is 1.26. The molecule has 0 atom stereocenters. The lowest BCUT2D eigenvalue weighted by Gasteiger charge is -2.22. The zero-order valence-electron chi connectivity index (χ0n) is 22.4. The molecule has 42 heavy (non-hydrogen) atoms. The number of sulfone groups is 1. The molecule has 218 valence electrons. The molecule has 2 aromatic heterocycles. The monoisotopic (exact) mass is 597 g/mol. The fourth-order valence-corrected chi connectivity index (χ4v) is 5.46. The lowest BCUT2D eigenvalue weighted by atomic mass is 10.1. The number of fused-ring (bicyclic) bond motifs is 1. The Hall–Kier alpha value is -4.46. The number of hydrogen-bond acceptors (Lipinski definition) is 8. The molecule has 3 N–H and O–H groups in total. The number of rotatable bonds is 8. The largest absolute Gasteiger partial charge is 0.411 e. The number of anilines is 3. The molecule has 6 rings (SSSR count). The molecule has 4 aromatic rings. The van der Waals surface area contributed by atoms with Crippen LogP contribution in [0.3, 0.4) is 0 Å². The number of pyridine rings is 1. The molecule has 3 heterocycles. The van der Waals surface area contributed by atoms with E-state index in [1.807, 2.05) is 0 Å². The maximum absolute atomic E-state index is 13.9. The molecule has 2 fully saturated rings. The van der Waals surface area contributed by atoms with Gasteiger partial charge < -0.3 is 16.0 Å². The summed E-state index contributed by atoms with van der Waals surface area (Å²) < 4.78 is 65.5. The molecular weight excluding hydrogens is 571 g/mol. The number of benzene rings is 2. The van der Waals surface area contributed by atoms with Crippen LogP contribution in [0, 0.1) is 0 Å². The number of halogens is 3. The summed E-state index contributed by atoms with van der Waals surface area (Å²) in [6.07, 6.45) is -3.55. The third kappa shape index (κ3) is 5.41. The summed E-state index contributed by atoms with van der Waals surface area (Å²) >= 11 is 0. The molecule has 0 spiro atoms. The van der Waals surface area contributed by atoms with Crippen LogP contribution in [0.2, 0.25) is 0 Å². The van der Waals surface area contributed by atoms with E-state index >= 15 is 0 Å². The van der Waals surface area contributed by atoms with E-state index in [9.17, 15) is 26.4 Å². The predicted molar refractivity (Wildman–Crippen MR) is 152 cm³/mol. The minimum atomic E-state index is -4.49. The fraction of sp³-hybridized carbons (Fsp3) is 0.286. The van der Waals surface area contributed by atoms with Crippen LogP contribution in [0.4, 0.5) is 35.4 Å². The Kier molecular flexibility index (Phi) is 6.67. The smallest absolute Gasteiger partial charge is 0.354 e. The fourth-order valence-electron chi connectivity index (χ4n) is 4.77. The number of nitrogens with zero attached hydrogens (tertiary/aromatic N) is 4. The first-order valence-electron chi connectivity index (χ1n) is 13.1. The van der Waals surface area contributed by atoms with Gasteiger partial charge in [0.1, 0.15) is 11.1 Å². The number of aromatic nitrogens is 3. The lowest BCUT2D eigenvalue weighted by Crippen LogP contribution is -2.39. The van der Waals surface area contributed by atoms with Gasteiger partial charge in [0, 0.05) is 37.1 Å². The Bertz CT molecular complexity index is 1790. The highest BCUT2D eigenvalue weighted by Crippen LogP contribution is 2.51. The molecule has 0 radical (unpaired) electrons. The minimum Gasteiger partial charge on any atom is -0.354 e. The van der Waals surface area contributed by atoms with Crippen molar-refractivity contribution in [3.63, 3.8) is 0 Å². The van der Waals surface area contributed by atoms with Crippen LogP contribution in [0.15, 0.2) is 65.6 Å². The van der Waals surface area contributed by atoms with Crippen LogP contribution in [0.1, 0.15) is 18.4 Å². The molecular formula is C28H26F3N7O3S. The molecule has 2 amide bonds. The maximum Gasteiger partial charge on any atom is 0.411 e. The summed E-state index contributed by atoms with van der Waals surface area (Å²) in [4.78, 5) is 27.2. The molecule has 1 saturated carbocycles. The Morgan fingerprint density at radius 3 is 2.43 bits per heavy atom. The summed E-state index contributed by atoms with van der Waals surface area (Å²) in [5.74, 6) is 0.00458. The van der Waals surface area contributed by atoms with Crippen LogP contribution >= 0.6 is 0 Å². The van der Waals surface area contributed by atoms with E-state index < -0.39 is 21.6 Å². The van der Waals surface area contributed by atoms with Crippen LogP contribution in [0.5, 0.6) is 0 Å². The van der Waals surface area contributed by atoms with Crippen molar-refractivity contribution >= 4 is 44.4 Å². The van der Waals surface area contributed by atoms with Gasteiger partial charge in [-0.05, 0) is 54.8 Å². The topological polar surface area (TPSA) is 129 Å². The van der Waals surface area contributed by atoms with Gasteiger partial charge in [0.15, 0.2) is 15.7 Å². The van der Waals surface area contributed by atoms with Crippen molar-refractivity contribution < 1.29 is 26.4 Å². The Balaban J connectivity index is 1.33. The number of carbonyl (C=O) groups is 1. The van der Waals surface area contributed by atoms with Gasteiger partial charge in [-0.1, -0.05) is 24.3 Å². The highest BCUT2D eigenvalue weighted by Gasteiger charge is 2.64. The average molecular weight is 598 g/mol. The second-order valence-corrected chi connectivity index (χ2v) is 12.4. The van der Waals surface area contributed by atoms with E-state index in [1.165, 1.54) is 12.1 Å². The highest BCUT2D eigenvalue weighted by molar-refractivity contribution is 7.90. The normalized spacial score (nSPS) is 16.4. The van der Waals surface area contributed by atoms with Crippen LogP contribution in [-0.4, -0.2) is 60.5 Å². The van der Waals surface area contributed by atoms with Gasteiger partial charge in [-0.3, -0.25) is 4.90 Å². The van der Waals surface area contributed by atoms with Gasteiger partial charge in [-0.25, -0.2) is 23.2 Å². The van der Waals surface area contributed by atoms with E-state index in [0.29, 0.717) is 35.4 Å². The van der Waals surface area contributed by atoms with Gasteiger partial charge in [0.25, 0.3) is 0 Å². The van der Waals surface area contributed by atoms with Crippen molar-refractivity contribution in [2.24, 2.45) is 0 Å². The SMILES string of the molecule is CS(=O)(=O)c1cccc(CNc2nc(NC3(C(F)(F)F)CC3)c3nc(-c4ccc(N5CCNC5=O)cc4)ccc3n2)c1. The number of nitrogens with one attached hydrogen (secondary N) is 3. The van der Waals surface area contributed by atoms with E-state index in [2.05, 4.69) is 30.9 Å². The first kappa shape index (κ1) is 27.7. The third-order valence-electron chi connectivity index (χ3n) is 7.30. The van der Waals surface area contributed by atoms with E-state index in [1.54, 1.807) is 53.4 Å². The Labute approximate surface area is 239 Å². The first-order valence-corrected chi connectivity index (χ1v) is 15.0. The standard InChI is InChI=1S/C28H26F3N7O3S/c1-42(40,41)20-4-2-3-17(15-20)16-33-25-35-22-10-9-21(18-5-7-19(8-6-18)38-14-13-32-26(38)39)34-23(22)24(36-25)37-27(11-12-27)28(29,30)31/h2-10,15H,11-14,16H2,1H3,(H,32,39)(H2,33,35,36,37). The van der Waals surface area contributed by atoms with Gasteiger partial charge in [0.05, 0.1) is 16.1 Å². The molecule has 0 unspecified atom stereocenters. The van der Waals surface area contributed by atoms with Crippen LogP contribution < -0.4 is 20.9 Å². The Morgan fingerprint density at radius 1 is 1.02 bits per heavy atom. The number of hydrogen-bond donors (Lipinski definition) is 3. The van der Waals surface area contributed by atoms with Gasteiger partial charge >= 0.3 is 12.2 Å². The quantitative estimate of drug-likeness (QED) is 0.266. The van der Waals surface area contributed by atoms with Crippen molar-refractivity contribution in [3.05, 3.63) is 66.2 Å². The van der Waals surface area contributed by atoms with Crippen molar-refractivity contribution in [1.82, 2.24) is 20.3 Å². The predicted octanol–water partition coefficient (Wildman–Crippen LogP) is 4.74. The van der Waals surface area contributed by atoms with Crippen LogP contribution in [-0.2, 0) is 16.4 Å². The van der Waals surface area contributed by atoms with Crippen molar-refractivity contribution in [3.8, 4) is 11.3 Å². The molecule has 2 aliphatic rings. The van der Waals surface area contributed by atoms with Crippen LogP contribution in [0.25, 0.3) is 22.3 Å². The summed E-state index contributed by atoms with van der Waals surface area (Å²) in [7, 11) is -3.41. The van der Waals surface area contributed by atoms with Crippen molar-refractivity contribution in [2.75, 3.05) is 34.9 Å². The third-order valence-corrected chi connectivity index (χ3v) is 8.41. The van der Waals surface area contributed by atoms with E-state index in [-0.39, 0.29) is 47.6 Å². The molecule has 14 heteroatoms. The zero-order valence-corrected chi connectivity index (χ0v) is 23.2. The lowest BCUT2D eigenvalue weighted by molar-refractivity contribution is -0.151. The molecule has 1 saturated heterocycles. The molecule has 1 aliphatic carbocycles. The van der Waals surface area contributed by atoms with E-state index in [4.69, 9.17) is 0 Å². The molecule has 1 aliphatic heterocycles. The molecule has 2 aromatic carbocycles. The second-order valence-electron chi connectivity index (χ2n) is 10.4. The van der Waals surface area contributed by atoms with Gasteiger partial charge in [0.2, 0.25) is 5.95 Å².